The zero-order chi connectivity index (χ0) is 7.54. The van der Waals surface area contributed by atoms with E-state index in [-0.39, 0.29) is 0 Å². The molecule has 0 saturated carbocycles. The maximum atomic E-state index is 3.67. The highest BCUT2D eigenvalue weighted by Crippen LogP contribution is 1.68. The first kappa shape index (κ1) is 11.0. The molecule has 0 N–H and O–H groups in total. The Labute approximate surface area is 57.0 Å². The largest absolute Gasteiger partial charge is 0.253 e. The Morgan fingerprint density at radius 2 is 1.89 bits per heavy atom. The Hall–Kier alpha value is -0.920. The Bertz CT molecular complexity index is 93.1. The van der Waals surface area contributed by atoms with E-state index in [9.17, 15) is 0 Å². The van der Waals surface area contributed by atoms with Crippen molar-refractivity contribution in [2.75, 3.05) is 0 Å². The van der Waals surface area contributed by atoms with Crippen LogP contribution in [-0.2, 0) is 0 Å². The Morgan fingerprint density at radius 3 is 2.22 bits per heavy atom. The molecule has 0 amide bonds. The molecule has 2 heteroatoms. The minimum absolute atomic E-state index is 1.39. The van der Waals surface area contributed by atoms with Crippen LogP contribution < -0.4 is 0 Å². The van der Waals surface area contributed by atoms with Crippen molar-refractivity contribution < 1.29 is 0 Å². The third kappa shape index (κ3) is 19.3. The molecule has 0 aromatic carbocycles. The molecule has 0 aliphatic carbocycles. The van der Waals surface area contributed by atoms with Gasteiger partial charge in [-0.25, -0.2) is 4.99 Å². The molecule has 0 heterocycles. The van der Waals surface area contributed by atoms with Crippen LogP contribution in [0.15, 0.2) is 22.3 Å². The fourth-order valence-electron chi connectivity index (χ4n) is 0.172. The van der Waals surface area contributed by atoms with Gasteiger partial charge in [0.2, 0.25) is 0 Å². The van der Waals surface area contributed by atoms with E-state index >= 15 is 0 Å². The highest BCUT2D eigenvalue weighted by Gasteiger charge is 1.52. The fourth-order valence-corrected chi connectivity index (χ4v) is 0.172. The molecule has 0 aliphatic rings. The molecule has 0 rings (SSSR count). The number of allylic oxidation sites excluding steroid dienone is 1. The molecule has 0 aromatic heterocycles. The Morgan fingerprint density at radius 1 is 1.33 bits per heavy atom. The molecular weight excluding hydrogens is 112 g/mol. The number of aliphatic imine (C=N–C) groups is 2. The summed E-state index contributed by atoms with van der Waals surface area (Å²) in [6, 6.07) is 0. The van der Waals surface area contributed by atoms with Crippen LogP contribution in [0.5, 0.6) is 0 Å². The van der Waals surface area contributed by atoms with Crippen molar-refractivity contribution in [1.29, 1.82) is 0 Å². The zero-order valence-electron chi connectivity index (χ0n) is 6.33. The molecule has 2 nitrogen and oxygen atoms in total. The molecule has 0 saturated heterocycles. The fraction of sp³-hybridized carbons (Fsp3) is 0.429. The van der Waals surface area contributed by atoms with Crippen molar-refractivity contribution in [3.8, 4) is 0 Å². The SMILES string of the molecule is C=NC=N/C=C\C.CC. The smallest absolute Gasteiger partial charge is 0.114 e. The molecule has 52 valence electrons. The molecule has 9 heavy (non-hydrogen) atoms. The molecule has 0 radical (unpaired) electrons. The summed E-state index contributed by atoms with van der Waals surface area (Å²) in [5.41, 5.74) is 0. The molecule has 0 spiro atoms. The van der Waals surface area contributed by atoms with Crippen molar-refractivity contribution in [2.24, 2.45) is 9.98 Å². The minimum atomic E-state index is 1.39. The lowest BCUT2D eigenvalue weighted by Gasteiger charge is -1.66. The van der Waals surface area contributed by atoms with E-state index in [1.807, 2.05) is 26.8 Å². The second kappa shape index (κ2) is 15.7. The zero-order valence-corrected chi connectivity index (χ0v) is 6.33. The lowest BCUT2D eigenvalue weighted by Crippen LogP contribution is -1.55. The summed E-state index contributed by atoms with van der Waals surface area (Å²) in [4.78, 5) is 7.05. The average Bonchev–Trinajstić information content (AvgIpc) is 1.94. The highest BCUT2D eigenvalue weighted by molar-refractivity contribution is 5.62. The summed E-state index contributed by atoms with van der Waals surface area (Å²) in [6.45, 7) is 9.09. The van der Waals surface area contributed by atoms with Gasteiger partial charge in [0.05, 0.1) is 0 Å². The first-order valence-corrected chi connectivity index (χ1v) is 3.00. The third-order valence-corrected chi connectivity index (χ3v) is 0.383. The van der Waals surface area contributed by atoms with Gasteiger partial charge in [-0.2, -0.15) is 0 Å². The molecule has 0 aliphatic heterocycles. The predicted octanol–water partition coefficient (Wildman–Crippen LogP) is 2.28. The van der Waals surface area contributed by atoms with Crippen molar-refractivity contribution >= 4 is 13.1 Å². The predicted molar refractivity (Wildman–Crippen MR) is 44.2 cm³/mol. The lowest BCUT2D eigenvalue weighted by molar-refractivity contribution is 1.50. The van der Waals surface area contributed by atoms with Crippen LogP contribution >= 0.6 is 0 Å². The second-order valence-corrected chi connectivity index (χ2v) is 0.930. The molecular formula is C7H14N2. The van der Waals surface area contributed by atoms with Crippen molar-refractivity contribution in [1.82, 2.24) is 0 Å². The molecule has 0 fully saturated rings. The minimum Gasteiger partial charge on any atom is -0.253 e. The van der Waals surface area contributed by atoms with Crippen LogP contribution in [0.25, 0.3) is 0 Å². The van der Waals surface area contributed by atoms with Crippen LogP contribution in [-0.4, -0.2) is 13.1 Å². The third-order valence-electron chi connectivity index (χ3n) is 0.383. The molecule has 0 aromatic rings. The first-order chi connectivity index (χ1) is 4.41. The van der Waals surface area contributed by atoms with E-state index in [0.29, 0.717) is 0 Å². The van der Waals surface area contributed by atoms with E-state index < -0.39 is 0 Å². The van der Waals surface area contributed by atoms with E-state index in [1.54, 1.807) is 6.20 Å². The molecule has 0 bridgehead atoms. The Kier molecular flexibility index (Phi) is 19.1. The van der Waals surface area contributed by atoms with Gasteiger partial charge in [-0.05, 0) is 13.6 Å². The van der Waals surface area contributed by atoms with E-state index in [1.165, 1.54) is 6.34 Å². The van der Waals surface area contributed by atoms with Gasteiger partial charge in [0.15, 0.2) is 0 Å². The van der Waals surface area contributed by atoms with Crippen LogP contribution in [0.3, 0.4) is 0 Å². The number of hydrogen-bond donors (Lipinski definition) is 0. The lowest BCUT2D eigenvalue weighted by atomic mass is 10.7. The van der Waals surface area contributed by atoms with Crippen molar-refractivity contribution in [3.63, 3.8) is 0 Å². The quantitative estimate of drug-likeness (QED) is 0.400. The summed E-state index contributed by atoms with van der Waals surface area (Å²) in [7, 11) is 0. The van der Waals surface area contributed by atoms with E-state index in [4.69, 9.17) is 0 Å². The normalized spacial score (nSPS) is 9.22. The van der Waals surface area contributed by atoms with Gasteiger partial charge in [0, 0.05) is 6.20 Å². The average molecular weight is 126 g/mol. The van der Waals surface area contributed by atoms with Crippen LogP contribution in [0.1, 0.15) is 20.8 Å². The second-order valence-electron chi connectivity index (χ2n) is 0.930. The summed E-state index contributed by atoms with van der Waals surface area (Å²) in [5, 5.41) is 0. The van der Waals surface area contributed by atoms with Gasteiger partial charge in [-0.15, -0.1) is 0 Å². The first-order valence-electron chi connectivity index (χ1n) is 3.00. The monoisotopic (exact) mass is 126 g/mol. The van der Waals surface area contributed by atoms with Gasteiger partial charge >= 0.3 is 0 Å². The summed E-state index contributed by atoms with van der Waals surface area (Å²) >= 11 is 0. The van der Waals surface area contributed by atoms with Crippen LogP contribution in [0, 0.1) is 0 Å². The van der Waals surface area contributed by atoms with Gasteiger partial charge in [-0.1, -0.05) is 19.9 Å². The van der Waals surface area contributed by atoms with Crippen LogP contribution in [0.2, 0.25) is 0 Å². The number of rotatable bonds is 2. The maximum Gasteiger partial charge on any atom is 0.114 e. The Balaban J connectivity index is 0. The summed E-state index contributed by atoms with van der Waals surface area (Å²) in [5.74, 6) is 0. The van der Waals surface area contributed by atoms with E-state index in [2.05, 4.69) is 16.7 Å². The molecule has 0 atom stereocenters. The van der Waals surface area contributed by atoms with Gasteiger partial charge in [0.1, 0.15) is 6.34 Å². The van der Waals surface area contributed by atoms with Gasteiger partial charge in [0.25, 0.3) is 0 Å². The van der Waals surface area contributed by atoms with Gasteiger partial charge in [-0.3, -0.25) is 4.99 Å². The summed E-state index contributed by atoms with van der Waals surface area (Å²) in [6.07, 6.45) is 4.86. The number of nitrogens with zero attached hydrogens (tertiary/aromatic N) is 2. The van der Waals surface area contributed by atoms with Crippen molar-refractivity contribution in [3.05, 3.63) is 12.3 Å². The van der Waals surface area contributed by atoms with E-state index in [0.717, 1.165) is 0 Å². The van der Waals surface area contributed by atoms with Gasteiger partial charge < -0.3 is 0 Å². The number of hydrogen-bond acceptors (Lipinski definition) is 1. The maximum absolute atomic E-state index is 3.67. The van der Waals surface area contributed by atoms with Crippen LogP contribution in [0.4, 0.5) is 0 Å². The standard InChI is InChI=1S/C5H8N2.C2H6/c1-3-4-7-5-6-2;1-2/h3-5H,2H2,1H3;1-2H3/b4-3-,7-5?;. The highest BCUT2D eigenvalue weighted by atomic mass is 14.8. The summed E-state index contributed by atoms with van der Waals surface area (Å²) < 4.78 is 0. The topological polar surface area (TPSA) is 24.7 Å². The molecule has 0 unspecified atom stereocenters. The van der Waals surface area contributed by atoms with Crippen molar-refractivity contribution in [2.45, 2.75) is 20.8 Å².